The van der Waals surface area contributed by atoms with Crippen molar-refractivity contribution >= 4 is 27.4 Å². The Morgan fingerprint density at radius 2 is 2.07 bits per heavy atom. The van der Waals surface area contributed by atoms with Crippen LogP contribution in [0.3, 0.4) is 0 Å². The van der Waals surface area contributed by atoms with Crippen molar-refractivity contribution in [3.05, 3.63) is 64.4 Å². The van der Waals surface area contributed by atoms with Crippen LogP contribution >= 0.6 is 11.3 Å². The molecule has 1 aliphatic carbocycles. The van der Waals surface area contributed by atoms with Gasteiger partial charge in [0.2, 0.25) is 0 Å². The summed E-state index contributed by atoms with van der Waals surface area (Å²) in [5.41, 5.74) is 3.74. The number of thiophene rings is 1. The Hall–Kier alpha value is -3.37. The summed E-state index contributed by atoms with van der Waals surface area (Å²) in [5.74, 6) is 1.41. The van der Waals surface area contributed by atoms with Gasteiger partial charge in [0.15, 0.2) is 5.82 Å². The second kappa shape index (κ2) is 7.81. The molecule has 0 radical (unpaired) electrons. The lowest BCUT2D eigenvalue weighted by Gasteiger charge is -2.18. The van der Waals surface area contributed by atoms with E-state index < -0.39 is 0 Å². The zero-order chi connectivity index (χ0) is 20.5. The molecule has 1 N–H and O–H groups in total. The molecule has 6 nitrogen and oxygen atoms in total. The van der Waals surface area contributed by atoms with Gasteiger partial charge in [-0.15, -0.1) is 11.3 Å². The molecule has 30 heavy (non-hydrogen) atoms. The lowest BCUT2D eigenvalue weighted by Crippen LogP contribution is -2.10. The molecular weight excluding hydrogens is 392 g/mol. The van der Waals surface area contributed by atoms with E-state index >= 15 is 0 Å². The molecule has 7 heteroatoms. The zero-order valence-electron chi connectivity index (χ0n) is 16.6. The summed E-state index contributed by atoms with van der Waals surface area (Å²) in [5, 5.41) is 14.0. The highest BCUT2D eigenvalue weighted by Gasteiger charge is 2.23. The van der Waals surface area contributed by atoms with Crippen molar-refractivity contribution in [3.8, 4) is 17.6 Å². The minimum Gasteiger partial charge on any atom is -0.363 e. The molecule has 0 aliphatic heterocycles. The van der Waals surface area contributed by atoms with E-state index in [1.54, 1.807) is 29.9 Å². The highest BCUT2D eigenvalue weighted by molar-refractivity contribution is 7.19. The number of nitrogens with one attached hydrogen (secondary N) is 1. The van der Waals surface area contributed by atoms with Crippen LogP contribution in [0.1, 0.15) is 47.4 Å². The summed E-state index contributed by atoms with van der Waals surface area (Å²) in [6.07, 6.45) is 9.60. The first kappa shape index (κ1) is 18.6. The Morgan fingerprint density at radius 3 is 2.90 bits per heavy atom. The first-order chi connectivity index (χ1) is 14.7. The summed E-state index contributed by atoms with van der Waals surface area (Å²) in [6.45, 7) is 2.09. The van der Waals surface area contributed by atoms with Crippen LogP contribution in [0.25, 0.3) is 21.7 Å². The van der Waals surface area contributed by atoms with Crippen molar-refractivity contribution in [1.29, 1.82) is 5.26 Å². The van der Waals surface area contributed by atoms with Gasteiger partial charge in [-0.3, -0.25) is 4.98 Å². The smallest absolute Gasteiger partial charge is 0.183 e. The fourth-order valence-corrected chi connectivity index (χ4v) is 5.22. The Labute approximate surface area is 178 Å². The largest absolute Gasteiger partial charge is 0.363 e. The van der Waals surface area contributed by atoms with Gasteiger partial charge in [0.05, 0.1) is 29.3 Å². The molecule has 0 bridgehead atoms. The third kappa shape index (κ3) is 3.40. The number of nitrogens with zero attached hydrogens (tertiary/aromatic N) is 5. The molecule has 0 saturated heterocycles. The Morgan fingerprint density at radius 1 is 1.17 bits per heavy atom. The average molecular weight is 413 g/mol. The van der Waals surface area contributed by atoms with Gasteiger partial charge in [-0.25, -0.2) is 15.0 Å². The minimum absolute atomic E-state index is 0.00903. The predicted molar refractivity (Wildman–Crippen MR) is 118 cm³/mol. The van der Waals surface area contributed by atoms with Crippen LogP contribution in [0.2, 0.25) is 0 Å². The molecule has 0 saturated carbocycles. The van der Waals surface area contributed by atoms with E-state index in [4.69, 9.17) is 9.97 Å². The average Bonchev–Trinajstić information content (AvgIpc) is 3.18. The Kier molecular flexibility index (Phi) is 4.85. The van der Waals surface area contributed by atoms with E-state index in [1.807, 2.05) is 24.3 Å². The predicted octanol–water partition coefficient (Wildman–Crippen LogP) is 5.07. The molecule has 4 aromatic rings. The first-order valence-electron chi connectivity index (χ1n) is 10.1. The van der Waals surface area contributed by atoms with Gasteiger partial charge >= 0.3 is 0 Å². The number of anilines is 1. The Balaban J connectivity index is 1.63. The molecule has 1 aliphatic rings. The van der Waals surface area contributed by atoms with Gasteiger partial charge in [-0.1, -0.05) is 12.1 Å². The number of hydrogen-bond acceptors (Lipinski definition) is 7. The number of benzene rings is 1. The van der Waals surface area contributed by atoms with E-state index in [-0.39, 0.29) is 6.04 Å². The van der Waals surface area contributed by atoms with Crippen molar-refractivity contribution in [2.24, 2.45) is 0 Å². The summed E-state index contributed by atoms with van der Waals surface area (Å²) in [4.78, 5) is 20.7. The van der Waals surface area contributed by atoms with E-state index in [9.17, 15) is 5.26 Å². The highest BCUT2D eigenvalue weighted by Crippen LogP contribution is 2.40. The number of fused-ring (bicyclic) bond motifs is 3. The Bertz CT molecular complexity index is 1260. The van der Waals surface area contributed by atoms with Crippen molar-refractivity contribution in [1.82, 2.24) is 19.9 Å². The molecule has 5 rings (SSSR count). The molecule has 0 amide bonds. The van der Waals surface area contributed by atoms with Crippen LogP contribution in [0.5, 0.6) is 0 Å². The summed E-state index contributed by atoms with van der Waals surface area (Å²) < 4.78 is 0. The molecular formula is C23H20N6S. The number of hydrogen-bond donors (Lipinski definition) is 1. The van der Waals surface area contributed by atoms with Crippen LogP contribution in [0, 0.1) is 11.3 Å². The molecule has 0 fully saturated rings. The third-order valence-electron chi connectivity index (χ3n) is 5.48. The van der Waals surface area contributed by atoms with Gasteiger partial charge in [0.25, 0.3) is 0 Å². The van der Waals surface area contributed by atoms with Gasteiger partial charge in [-0.05, 0) is 55.9 Å². The molecule has 148 valence electrons. The SMILES string of the molecule is CC(Nc1nc(-c2cnccn2)nc2sc3c(c12)CCCC3)c1cccc(C#N)c1. The number of rotatable bonds is 4. The monoisotopic (exact) mass is 412 g/mol. The van der Waals surface area contributed by atoms with Gasteiger partial charge < -0.3 is 5.32 Å². The molecule has 0 spiro atoms. The van der Waals surface area contributed by atoms with E-state index in [0.29, 0.717) is 17.1 Å². The zero-order valence-corrected chi connectivity index (χ0v) is 17.4. The maximum atomic E-state index is 9.24. The van der Waals surface area contributed by atoms with Crippen molar-refractivity contribution in [2.45, 2.75) is 38.6 Å². The van der Waals surface area contributed by atoms with Crippen LogP contribution in [0.15, 0.2) is 42.9 Å². The van der Waals surface area contributed by atoms with Crippen LogP contribution < -0.4 is 5.32 Å². The van der Waals surface area contributed by atoms with E-state index in [1.165, 1.54) is 23.3 Å². The third-order valence-corrected chi connectivity index (χ3v) is 6.66. The normalized spacial score (nSPS) is 14.1. The fourth-order valence-electron chi connectivity index (χ4n) is 3.96. The number of aromatic nitrogens is 4. The maximum Gasteiger partial charge on any atom is 0.183 e. The van der Waals surface area contributed by atoms with E-state index in [2.05, 4.69) is 28.3 Å². The topological polar surface area (TPSA) is 87.4 Å². The van der Waals surface area contributed by atoms with Crippen molar-refractivity contribution < 1.29 is 0 Å². The van der Waals surface area contributed by atoms with Crippen LogP contribution in [-0.4, -0.2) is 19.9 Å². The molecule has 1 aromatic carbocycles. The molecule has 1 unspecified atom stereocenters. The quantitative estimate of drug-likeness (QED) is 0.503. The lowest BCUT2D eigenvalue weighted by atomic mass is 9.97. The number of nitriles is 1. The summed E-state index contributed by atoms with van der Waals surface area (Å²) >= 11 is 1.77. The number of aryl methyl sites for hydroxylation is 2. The molecule has 1 atom stereocenters. The van der Waals surface area contributed by atoms with Crippen molar-refractivity contribution in [2.75, 3.05) is 5.32 Å². The lowest BCUT2D eigenvalue weighted by molar-refractivity contribution is 0.700. The second-order valence-corrected chi connectivity index (χ2v) is 8.56. The minimum atomic E-state index is -0.00903. The maximum absolute atomic E-state index is 9.24. The van der Waals surface area contributed by atoms with Gasteiger partial charge in [0, 0.05) is 17.3 Å². The first-order valence-corrected chi connectivity index (χ1v) is 10.9. The summed E-state index contributed by atoms with van der Waals surface area (Å²) in [6, 6.07) is 9.89. The second-order valence-electron chi connectivity index (χ2n) is 7.48. The molecule has 3 aromatic heterocycles. The highest BCUT2D eigenvalue weighted by atomic mass is 32.1. The standard InChI is InChI=1S/C23H20N6S/c1-14(16-6-4-5-15(11-16)12-24)27-22-20-17-7-2-3-8-19(17)30-23(20)29-21(28-22)18-13-25-9-10-26-18/h4-6,9-11,13-14H,2-3,7-8H2,1H3,(H,27,28,29). The van der Waals surface area contributed by atoms with Crippen LogP contribution in [-0.2, 0) is 12.8 Å². The van der Waals surface area contributed by atoms with Crippen molar-refractivity contribution in [3.63, 3.8) is 0 Å². The van der Waals surface area contributed by atoms with Gasteiger partial charge in [0.1, 0.15) is 16.3 Å². The van der Waals surface area contributed by atoms with E-state index in [0.717, 1.165) is 34.4 Å². The fraction of sp³-hybridized carbons (Fsp3) is 0.261. The molecule has 3 heterocycles. The van der Waals surface area contributed by atoms with Gasteiger partial charge in [-0.2, -0.15) is 5.26 Å². The van der Waals surface area contributed by atoms with Crippen LogP contribution in [0.4, 0.5) is 5.82 Å². The summed E-state index contributed by atoms with van der Waals surface area (Å²) in [7, 11) is 0.